The van der Waals surface area contributed by atoms with Crippen LogP contribution < -0.4 is 14.2 Å². The molecule has 3 aromatic carbocycles. The van der Waals surface area contributed by atoms with E-state index < -0.39 is 51.0 Å². The highest BCUT2D eigenvalue weighted by Crippen LogP contribution is 2.58. The van der Waals surface area contributed by atoms with Crippen LogP contribution in [0.3, 0.4) is 0 Å². The van der Waals surface area contributed by atoms with Gasteiger partial charge in [0.05, 0.1) is 53.8 Å². The first-order valence-corrected chi connectivity index (χ1v) is 31.3. The van der Waals surface area contributed by atoms with Gasteiger partial charge in [-0.2, -0.15) is 5.26 Å². The van der Waals surface area contributed by atoms with Crippen molar-refractivity contribution in [2.24, 2.45) is 27.9 Å². The van der Waals surface area contributed by atoms with Gasteiger partial charge in [-0.15, -0.1) is 0 Å². The SMILES string of the molecule is CC(C)(C(=O)OCCCC#N)c1cc(O)c2c(c1)OC(C)(C)[C@@H]1CCC(=O)C[C@@H]21.CC(C)(C(=O)OCCCN=C=S)c1cc(O)c2c(c1)OC(C)(C)[C@@H]1CCC(=O)C[C@@H]21.CC(C)(C(=O)OCCCN=[N+]=[N-])c1cc(O)c2c(c1)OC(C)(C)[C@@H]1CCC(=O)C[C@@H]21. The van der Waals surface area contributed by atoms with Crippen molar-refractivity contribution in [1.29, 1.82) is 5.26 Å². The highest BCUT2D eigenvalue weighted by Gasteiger charge is 2.52. The van der Waals surface area contributed by atoms with Gasteiger partial charge < -0.3 is 43.7 Å². The number of ketones is 3. The standard InChI is InChI=1S/C23H29NO5S.C23H29NO5.C22H29N3O5/c1-22(2,21(27)28-9-5-8-24-13-30)14-10-18(26)20-16-12-15(25)6-7-17(16)23(3,4)29-19(20)11-14;1-22(2,21(27)28-10-6-5-9-24)14-11-18(26)20-16-13-15(25)7-8-17(16)23(3,4)29-19(20)12-14;1-21(2,20(28)29-9-5-8-24-25-23)13-10-17(27)19-15-12-14(26)6-7-16(15)22(3,4)30-18(19)11-13/h10-11,16-17,26H,5-9,12H2,1-4H3;11-12,16-17,26H,5-8,10,13H2,1-4H3;10-11,15-16,27H,5-9,12H2,1-4H3/t2*16-,17-;15-,16-/m111/s1. The smallest absolute Gasteiger partial charge is 0.315 e. The molecule has 9 rings (SSSR count). The van der Waals surface area contributed by atoms with Gasteiger partial charge in [-0.3, -0.25) is 28.8 Å². The molecule has 0 amide bonds. The molecular weight excluding hydrogens is 1160 g/mol. The Hall–Kier alpha value is -7.52. The zero-order valence-corrected chi connectivity index (χ0v) is 54.4. The number of nitrogens with zero attached hydrogens (tertiary/aromatic N) is 5. The molecule has 0 saturated heterocycles. The van der Waals surface area contributed by atoms with E-state index in [1.807, 2.05) is 53.7 Å². The van der Waals surface area contributed by atoms with Gasteiger partial charge in [0.25, 0.3) is 0 Å². The number of benzene rings is 3. The minimum atomic E-state index is -1.02. The molecule has 3 aliphatic carbocycles. The van der Waals surface area contributed by atoms with E-state index in [-0.39, 0.29) is 96.5 Å². The van der Waals surface area contributed by atoms with Gasteiger partial charge in [0.1, 0.15) is 68.6 Å². The lowest BCUT2D eigenvalue weighted by molar-refractivity contribution is -0.150. The molecule has 480 valence electrons. The summed E-state index contributed by atoms with van der Waals surface area (Å²) in [6, 6.07) is 12.2. The minimum absolute atomic E-state index is 0.0481. The van der Waals surface area contributed by atoms with Crippen LogP contribution in [-0.2, 0) is 59.2 Å². The average Bonchev–Trinajstić information content (AvgIpc) is 0.802. The van der Waals surface area contributed by atoms with Gasteiger partial charge in [-0.25, -0.2) is 4.99 Å². The molecule has 21 heteroatoms. The number of fused-ring (bicyclic) bond motifs is 9. The molecule has 0 spiro atoms. The molecule has 6 atom stereocenters. The van der Waals surface area contributed by atoms with E-state index in [0.29, 0.717) is 121 Å². The normalized spacial score (nSPS) is 22.3. The topological polar surface area (TPSA) is 303 Å². The Labute approximate surface area is 527 Å². The van der Waals surface area contributed by atoms with Crippen LogP contribution in [0.2, 0.25) is 0 Å². The number of phenols is 3. The van der Waals surface area contributed by atoms with E-state index in [1.165, 1.54) is 0 Å². The summed E-state index contributed by atoms with van der Waals surface area (Å²) in [5.41, 5.74) is 7.69. The van der Waals surface area contributed by atoms with Gasteiger partial charge in [-0.1, -0.05) is 5.11 Å². The molecule has 89 heavy (non-hydrogen) atoms. The molecule has 3 N–H and O–H groups in total. The van der Waals surface area contributed by atoms with E-state index in [1.54, 1.807) is 71.9 Å². The Kier molecular flexibility index (Phi) is 21.5. The number of phenolic OH excluding ortho intramolecular Hbond substituents is 3. The fourth-order valence-corrected chi connectivity index (χ4v) is 13.8. The maximum absolute atomic E-state index is 12.7. The Morgan fingerprint density at radius 3 is 1.20 bits per heavy atom. The number of nitriles is 1. The number of azide groups is 1. The summed E-state index contributed by atoms with van der Waals surface area (Å²) in [6.07, 6.45) is 6.92. The van der Waals surface area contributed by atoms with Crippen LogP contribution in [-0.4, -0.2) is 105 Å². The number of aliphatic imine (C=N–C) groups is 1. The number of thiocarbonyl (C=S) groups is 1. The first-order valence-electron chi connectivity index (χ1n) is 30.9. The van der Waals surface area contributed by atoms with Gasteiger partial charge in [0.2, 0.25) is 0 Å². The molecule has 0 aromatic heterocycles. The van der Waals surface area contributed by atoms with Crippen LogP contribution in [0.25, 0.3) is 10.4 Å². The molecular formula is C68H87N5O15S. The molecule has 3 aromatic rings. The fraction of sp³-hybridized carbons (Fsp3) is 0.618. The van der Waals surface area contributed by atoms with Gasteiger partial charge >= 0.3 is 17.9 Å². The lowest BCUT2D eigenvalue weighted by Crippen LogP contribution is -2.47. The van der Waals surface area contributed by atoms with Gasteiger partial charge in [0, 0.05) is 115 Å². The van der Waals surface area contributed by atoms with E-state index in [0.717, 1.165) is 19.3 Å². The van der Waals surface area contributed by atoms with Gasteiger partial charge in [-0.05, 0) is 186 Å². The number of Topliss-reactive ketones (excluding diaryl/α,β-unsaturated/α-hetero) is 3. The predicted octanol–water partition coefficient (Wildman–Crippen LogP) is 13.0. The van der Waals surface area contributed by atoms with E-state index in [2.05, 4.69) is 32.4 Å². The third-order valence-electron chi connectivity index (χ3n) is 19.0. The van der Waals surface area contributed by atoms with Crippen molar-refractivity contribution in [3.63, 3.8) is 0 Å². The summed E-state index contributed by atoms with van der Waals surface area (Å²) >= 11 is 4.52. The second-order valence-corrected chi connectivity index (χ2v) is 27.7. The van der Waals surface area contributed by atoms with Crippen LogP contribution in [0, 0.1) is 29.1 Å². The number of unbranched alkanes of at least 4 members (excludes halogenated alkanes) is 1. The number of rotatable bonds is 17. The molecule has 20 nitrogen and oxygen atoms in total. The van der Waals surface area contributed by atoms with Crippen molar-refractivity contribution in [1.82, 2.24) is 0 Å². The summed E-state index contributed by atoms with van der Waals surface area (Å²) in [5, 5.41) is 46.9. The quantitative estimate of drug-likeness (QED) is 0.0165. The average molecular weight is 1250 g/mol. The minimum Gasteiger partial charge on any atom is -0.508 e. The second-order valence-electron chi connectivity index (χ2n) is 27.5. The zero-order valence-electron chi connectivity index (χ0n) is 53.5. The highest BCUT2D eigenvalue weighted by atomic mass is 32.1. The molecule has 3 saturated carbocycles. The van der Waals surface area contributed by atoms with E-state index in [4.69, 9.17) is 39.2 Å². The number of carbonyl (C=O) groups excluding carboxylic acids is 6. The fourth-order valence-electron chi connectivity index (χ4n) is 13.7. The maximum Gasteiger partial charge on any atom is 0.315 e. The van der Waals surface area contributed by atoms with Crippen molar-refractivity contribution in [2.45, 2.75) is 217 Å². The Morgan fingerprint density at radius 1 is 0.584 bits per heavy atom. The lowest BCUT2D eigenvalue weighted by Gasteiger charge is -2.47. The molecule has 3 aliphatic heterocycles. The summed E-state index contributed by atoms with van der Waals surface area (Å²) in [4.78, 5) is 80.9. The first kappa shape index (κ1) is 69.0. The van der Waals surface area contributed by atoms with Crippen LogP contribution >= 0.6 is 12.2 Å². The van der Waals surface area contributed by atoms with E-state index in [9.17, 15) is 44.1 Å². The van der Waals surface area contributed by atoms with Crippen molar-refractivity contribution in [3.05, 3.63) is 80.2 Å². The monoisotopic (exact) mass is 1250 g/mol. The molecule has 0 radical (unpaired) electrons. The largest absolute Gasteiger partial charge is 0.508 e. The van der Waals surface area contributed by atoms with E-state index >= 15 is 0 Å². The third-order valence-corrected chi connectivity index (χ3v) is 19.2. The summed E-state index contributed by atoms with van der Waals surface area (Å²) in [7, 11) is 0. The van der Waals surface area contributed by atoms with Gasteiger partial charge in [0.15, 0.2) is 0 Å². The molecule has 0 bridgehead atoms. The molecule has 6 aliphatic rings. The van der Waals surface area contributed by atoms with Crippen LogP contribution in [0.4, 0.5) is 0 Å². The van der Waals surface area contributed by atoms with Crippen LogP contribution in [0.5, 0.6) is 34.5 Å². The van der Waals surface area contributed by atoms with Crippen molar-refractivity contribution >= 4 is 52.6 Å². The Balaban J connectivity index is 0.000000190. The second kappa shape index (κ2) is 27.7. The first-order chi connectivity index (χ1) is 41.7. The predicted molar refractivity (Wildman–Crippen MR) is 334 cm³/mol. The molecule has 0 unspecified atom stereocenters. The number of esters is 3. The van der Waals surface area contributed by atoms with Crippen molar-refractivity contribution in [2.75, 3.05) is 32.9 Å². The Bertz CT molecular complexity index is 3220. The van der Waals surface area contributed by atoms with Crippen molar-refractivity contribution in [3.8, 4) is 40.6 Å². The summed E-state index contributed by atoms with van der Waals surface area (Å²) in [5.74, 6) is 1.36. The molecule has 3 heterocycles. The van der Waals surface area contributed by atoms with Crippen LogP contribution in [0.1, 0.15) is 218 Å². The number of ether oxygens (including phenoxy) is 6. The summed E-state index contributed by atoms with van der Waals surface area (Å²) < 4.78 is 34.9. The maximum atomic E-state index is 12.7. The number of carbonyl (C=O) groups is 6. The highest BCUT2D eigenvalue weighted by molar-refractivity contribution is 7.78. The number of isothiocyanates is 1. The Morgan fingerprint density at radius 2 is 0.899 bits per heavy atom. The zero-order chi connectivity index (χ0) is 65.6. The summed E-state index contributed by atoms with van der Waals surface area (Å²) in [6.45, 7) is 23.8. The molecule has 3 fully saturated rings. The number of hydrogen-bond donors (Lipinski definition) is 3. The van der Waals surface area contributed by atoms with Crippen LogP contribution in [0.15, 0.2) is 46.5 Å². The number of aromatic hydroxyl groups is 3. The van der Waals surface area contributed by atoms with Crippen molar-refractivity contribution < 1.29 is 72.5 Å². The third kappa shape index (κ3) is 15.2. The lowest BCUT2D eigenvalue weighted by atomic mass is 9.66. The number of hydrogen-bond acceptors (Lipinski definition) is 19.